The summed E-state index contributed by atoms with van der Waals surface area (Å²) in [6, 6.07) is 10.0. The first-order chi connectivity index (χ1) is 11.6. The molecule has 0 aliphatic carbocycles. The minimum atomic E-state index is -0.0265. The van der Waals surface area contributed by atoms with Crippen molar-refractivity contribution in [3.8, 4) is 0 Å². The molecule has 2 aliphatic heterocycles. The first-order valence-electron chi connectivity index (χ1n) is 8.97. The van der Waals surface area contributed by atoms with Crippen LogP contribution in [0.3, 0.4) is 0 Å². The van der Waals surface area contributed by atoms with E-state index in [1.54, 1.807) is 0 Å². The Morgan fingerprint density at radius 2 is 1.88 bits per heavy atom. The van der Waals surface area contributed by atoms with Crippen LogP contribution >= 0.6 is 0 Å². The van der Waals surface area contributed by atoms with Crippen molar-refractivity contribution in [2.75, 3.05) is 32.7 Å². The molecule has 1 aromatic rings. The van der Waals surface area contributed by atoms with Gasteiger partial charge in [-0.05, 0) is 24.3 Å². The summed E-state index contributed by atoms with van der Waals surface area (Å²) in [5, 5.41) is 2.93. The monoisotopic (exact) mass is 329 g/mol. The number of benzene rings is 1. The van der Waals surface area contributed by atoms with Gasteiger partial charge in [-0.3, -0.25) is 14.5 Å². The van der Waals surface area contributed by atoms with Crippen molar-refractivity contribution in [2.24, 2.45) is 5.92 Å². The van der Waals surface area contributed by atoms with Gasteiger partial charge >= 0.3 is 0 Å². The maximum Gasteiger partial charge on any atom is 0.236 e. The molecule has 1 aromatic carbocycles. The third kappa shape index (κ3) is 4.15. The summed E-state index contributed by atoms with van der Waals surface area (Å²) in [7, 11) is 0. The van der Waals surface area contributed by atoms with Crippen LogP contribution < -0.4 is 5.32 Å². The van der Waals surface area contributed by atoms with E-state index in [2.05, 4.69) is 17.1 Å². The van der Waals surface area contributed by atoms with Crippen molar-refractivity contribution in [1.29, 1.82) is 0 Å². The van der Waals surface area contributed by atoms with Crippen LogP contribution in [0.1, 0.15) is 37.8 Å². The highest BCUT2D eigenvalue weighted by Crippen LogP contribution is 2.26. The summed E-state index contributed by atoms with van der Waals surface area (Å²) in [4.78, 5) is 28.9. The lowest BCUT2D eigenvalue weighted by Crippen LogP contribution is -2.45. The molecular weight excluding hydrogens is 302 g/mol. The predicted molar refractivity (Wildman–Crippen MR) is 93.4 cm³/mol. The maximum absolute atomic E-state index is 12.7. The number of hydrogen-bond acceptors (Lipinski definition) is 3. The van der Waals surface area contributed by atoms with Crippen molar-refractivity contribution >= 4 is 11.8 Å². The number of amides is 2. The SMILES string of the molecule is CC1CCN(C(=O)CN2CCNC(=O)C[C@@H]2c2ccccc2)CC1. The molecule has 3 rings (SSSR count). The smallest absolute Gasteiger partial charge is 0.236 e. The van der Waals surface area contributed by atoms with Crippen LogP contribution in [-0.4, -0.2) is 54.3 Å². The number of carbonyl (C=O) groups is 2. The number of hydrogen-bond donors (Lipinski definition) is 1. The molecule has 0 spiro atoms. The Morgan fingerprint density at radius 3 is 2.58 bits per heavy atom. The highest BCUT2D eigenvalue weighted by atomic mass is 16.2. The Labute approximate surface area is 144 Å². The zero-order chi connectivity index (χ0) is 16.9. The van der Waals surface area contributed by atoms with Gasteiger partial charge in [-0.25, -0.2) is 0 Å². The van der Waals surface area contributed by atoms with E-state index in [9.17, 15) is 9.59 Å². The fourth-order valence-electron chi connectivity index (χ4n) is 3.60. The summed E-state index contributed by atoms with van der Waals surface area (Å²) >= 11 is 0. The minimum absolute atomic E-state index is 0.0265. The van der Waals surface area contributed by atoms with Crippen LogP contribution in [0.5, 0.6) is 0 Å². The number of nitrogens with zero attached hydrogens (tertiary/aromatic N) is 2. The Hall–Kier alpha value is -1.88. The summed E-state index contributed by atoms with van der Waals surface area (Å²) in [6.45, 7) is 5.68. The maximum atomic E-state index is 12.7. The van der Waals surface area contributed by atoms with Gasteiger partial charge in [0.15, 0.2) is 0 Å². The number of rotatable bonds is 3. The standard InChI is InChI=1S/C19H27N3O2/c1-15-7-10-21(11-8-15)19(24)14-22-12-9-20-18(23)13-17(22)16-5-3-2-4-6-16/h2-6,15,17H,7-14H2,1H3,(H,20,23)/t17-/m1/s1. The predicted octanol–water partition coefficient (Wildman–Crippen LogP) is 1.81. The highest BCUT2D eigenvalue weighted by molar-refractivity contribution is 5.79. The topological polar surface area (TPSA) is 52.7 Å². The molecule has 5 nitrogen and oxygen atoms in total. The van der Waals surface area contributed by atoms with E-state index in [1.807, 2.05) is 35.2 Å². The Kier molecular flexibility index (Phi) is 5.51. The summed E-state index contributed by atoms with van der Waals surface area (Å²) in [6.07, 6.45) is 2.59. The number of carbonyl (C=O) groups excluding carboxylic acids is 2. The van der Waals surface area contributed by atoms with Crippen LogP contribution in [0.4, 0.5) is 0 Å². The van der Waals surface area contributed by atoms with Gasteiger partial charge in [0.25, 0.3) is 0 Å². The van der Waals surface area contributed by atoms with Crippen LogP contribution in [0.2, 0.25) is 0 Å². The molecule has 0 aromatic heterocycles. The molecule has 24 heavy (non-hydrogen) atoms. The van der Waals surface area contributed by atoms with Crippen LogP contribution in [-0.2, 0) is 9.59 Å². The quantitative estimate of drug-likeness (QED) is 0.920. The fourth-order valence-corrected chi connectivity index (χ4v) is 3.60. The first-order valence-corrected chi connectivity index (χ1v) is 8.97. The zero-order valence-electron chi connectivity index (χ0n) is 14.4. The van der Waals surface area contributed by atoms with E-state index in [4.69, 9.17) is 0 Å². The van der Waals surface area contributed by atoms with E-state index < -0.39 is 0 Å². The molecule has 2 heterocycles. The second-order valence-corrected chi connectivity index (χ2v) is 7.01. The summed E-state index contributed by atoms with van der Waals surface area (Å²) < 4.78 is 0. The van der Waals surface area contributed by atoms with Gasteiger partial charge in [-0.1, -0.05) is 37.3 Å². The lowest BCUT2D eigenvalue weighted by atomic mass is 9.99. The van der Waals surface area contributed by atoms with Crippen molar-refractivity contribution < 1.29 is 9.59 Å². The Balaban J connectivity index is 1.71. The minimum Gasteiger partial charge on any atom is -0.355 e. The zero-order valence-corrected chi connectivity index (χ0v) is 14.4. The second kappa shape index (κ2) is 7.79. The van der Waals surface area contributed by atoms with Gasteiger partial charge in [0.2, 0.25) is 11.8 Å². The molecule has 0 bridgehead atoms. The van der Waals surface area contributed by atoms with Crippen LogP contribution in [0.15, 0.2) is 30.3 Å². The molecule has 0 unspecified atom stereocenters. The summed E-state index contributed by atoms with van der Waals surface area (Å²) in [5.74, 6) is 0.967. The first kappa shape index (κ1) is 17.0. The van der Waals surface area contributed by atoms with Crippen molar-refractivity contribution in [1.82, 2.24) is 15.1 Å². The van der Waals surface area contributed by atoms with Gasteiger partial charge in [0.1, 0.15) is 0 Å². The molecule has 1 atom stereocenters. The molecule has 2 aliphatic rings. The lowest BCUT2D eigenvalue weighted by Gasteiger charge is -2.34. The molecule has 2 amide bonds. The largest absolute Gasteiger partial charge is 0.355 e. The highest BCUT2D eigenvalue weighted by Gasteiger charge is 2.29. The number of piperidine rings is 1. The van der Waals surface area contributed by atoms with E-state index in [-0.39, 0.29) is 17.9 Å². The third-order valence-electron chi connectivity index (χ3n) is 5.20. The van der Waals surface area contributed by atoms with Crippen LogP contribution in [0, 0.1) is 5.92 Å². The molecule has 2 fully saturated rings. The summed E-state index contributed by atoms with van der Waals surface area (Å²) in [5.41, 5.74) is 1.11. The second-order valence-electron chi connectivity index (χ2n) is 7.01. The van der Waals surface area contributed by atoms with Gasteiger partial charge in [0, 0.05) is 38.6 Å². The van der Waals surface area contributed by atoms with E-state index >= 15 is 0 Å². The fraction of sp³-hybridized carbons (Fsp3) is 0.579. The van der Waals surface area contributed by atoms with E-state index in [1.165, 1.54) is 0 Å². The number of nitrogens with one attached hydrogen (secondary N) is 1. The lowest BCUT2D eigenvalue weighted by molar-refractivity contribution is -0.134. The molecule has 1 N–H and O–H groups in total. The molecule has 2 saturated heterocycles. The Bertz CT molecular complexity index is 567. The Morgan fingerprint density at radius 1 is 1.17 bits per heavy atom. The average molecular weight is 329 g/mol. The average Bonchev–Trinajstić information content (AvgIpc) is 2.78. The molecule has 130 valence electrons. The van der Waals surface area contributed by atoms with Crippen LogP contribution in [0.25, 0.3) is 0 Å². The molecule has 0 radical (unpaired) electrons. The molecular formula is C19H27N3O2. The van der Waals surface area contributed by atoms with Gasteiger partial charge in [-0.2, -0.15) is 0 Å². The van der Waals surface area contributed by atoms with E-state index in [0.717, 1.165) is 31.5 Å². The van der Waals surface area contributed by atoms with Gasteiger partial charge in [0.05, 0.1) is 6.54 Å². The third-order valence-corrected chi connectivity index (χ3v) is 5.20. The number of likely N-dealkylation sites (tertiary alicyclic amines) is 1. The van der Waals surface area contributed by atoms with Gasteiger partial charge < -0.3 is 10.2 Å². The van der Waals surface area contributed by atoms with Gasteiger partial charge in [-0.15, -0.1) is 0 Å². The van der Waals surface area contributed by atoms with Crippen molar-refractivity contribution in [3.63, 3.8) is 0 Å². The normalized spacial score (nSPS) is 23.6. The van der Waals surface area contributed by atoms with Crippen molar-refractivity contribution in [3.05, 3.63) is 35.9 Å². The molecule has 5 heteroatoms. The molecule has 0 saturated carbocycles. The van der Waals surface area contributed by atoms with E-state index in [0.29, 0.717) is 32.0 Å². The van der Waals surface area contributed by atoms with Crippen molar-refractivity contribution in [2.45, 2.75) is 32.2 Å².